The van der Waals surface area contributed by atoms with Crippen LogP contribution in [0.4, 0.5) is 11.8 Å². The standard InChI is InChI=1S/C20H28N6O2/c1-14-12-18(24-20(22-14)23-16-6-4-3-5-7-16)25-8-10-26(11-9-25)19(27)17-13-21-28-15(17)2/h12-13,16H,3-11H2,1-2H3,(H,22,23,24). The Morgan fingerprint density at radius 3 is 2.54 bits per heavy atom. The third kappa shape index (κ3) is 4.10. The van der Waals surface area contributed by atoms with Crippen LogP contribution >= 0.6 is 0 Å². The fourth-order valence-electron chi connectivity index (χ4n) is 4.02. The summed E-state index contributed by atoms with van der Waals surface area (Å²) in [6.45, 7) is 6.56. The zero-order valence-corrected chi connectivity index (χ0v) is 16.6. The number of nitrogens with zero attached hydrogens (tertiary/aromatic N) is 5. The van der Waals surface area contributed by atoms with Gasteiger partial charge in [-0.15, -0.1) is 0 Å². The molecule has 8 heteroatoms. The molecule has 1 saturated carbocycles. The van der Waals surface area contributed by atoms with Gasteiger partial charge in [-0.2, -0.15) is 4.98 Å². The molecule has 1 amide bonds. The van der Waals surface area contributed by atoms with Crippen molar-refractivity contribution in [2.75, 3.05) is 36.4 Å². The SMILES string of the molecule is Cc1cc(N2CCN(C(=O)c3cnoc3C)CC2)nc(NC2CCCCC2)n1. The number of aryl methyl sites for hydroxylation is 2. The van der Waals surface area contributed by atoms with Crippen LogP contribution in [0.2, 0.25) is 0 Å². The highest BCUT2D eigenvalue weighted by molar-refractivity contribution is 5.94. The zero-order valence-electron chi connectivity index (χ0n) is 16.6. The molecule has 1 aliphatic carbocycles. The lowest BCUT2D eigenvalue weighted by atomic mass is 9.96. The summed E-state index contributed by atoms with van der Waals surface area (Å²) in [6.07, 6.45) is 7.76. The van der Waals surface area contributed by atoms with Gasteiger partial charge in [0.05, 0.1) is 6.20 Å². The molecule has 0 bridgehead atoms. The predicted molar refractivity (Wildman–Crippen MR) is 107 cm³/mol. The second-order valence-corrected chi connectivity index (χ2v) is 7.75. The number of carbonyl (C=O) groups excluding carboxylic acids is 1. The van der Waals surface area contributed by atoms with Crippen molar-refractivity contribution in [3.63, 3.8) is 0 Å². The molecule has 0 unspecified atom stereocenters. The molecular formula is C20H28N6O2. The molecule has 0 aromatic carbocycles. The van der Waals surface area contributed by atoms with Gasteiger partial charge < -0.3 is 19.6 Å². The summed E-state index contributed by atoms with van der Waals surface area (Å²) < 4.78 is 5.02. The van der Waals surface area contributed by atoms with Crippen molar-refractivity contribution in [3.8, 4) is 0 Å². The summed E-state index contributed by atoms with van der Waals surface area (Å²) in [5.41, 5.74) is 1.51. The van der Waals surface area contributed by atoms with Crippen molar-refractivity contribution in [2.24, 2.45) is 0 Å². The van der Waals surface area contributed by atoms with E-state index in [4.69, 9.17) is 9.51 Å². The minimum atomic E-state index is -0.0167. The third-order valence-electron chi connectivity index (χ3n) is 5.65. The maximum atomic E-state index is 12.6. The minimum absolute atomic E-state index is 0.0167. The van der Waals surface area contributed by atoms with E-state index in [9.17, 15) is 4.79 Å². The van der Waals surface area contributed by atoms with Crippen LogP contribution in [-0.4, -0.2) is 58.2 Å². The number of hydrogen-bond donors (Lipinski definition) is 1. The Kier molecular flexibility index (Phi) is 5.45. The van der Waals surface area contributed by atoms with E-state index in [0.29, 0.717) is 30.5 Å². The molecule has 0 spiro atoms. The first-order valence-electron chi connectivity index (χ1n) is 10.2. The molecule has 1 N–H and O–H groups in total. The number of nitrogens with one attached hydrogen (secondary N) is 1. The molecule has 3 heterocycles. The third-order valence-corrected chi connectivity index (χ3v) is 5.65. The molecule has 2 aliphatic rings. The van der Waals surface area contributed by atoms with E-state index in [1.165, 1.54) is 38.3 Å². The van der Waals surface area contributed by atoms with Gasteiger partial charge >= 0.3 is 0 Å². The van der Waals surface area contributed by atoms with Gasteiger partial charge in [-0.1, -0.05) is 24.4 Å². The van der Waals surface area contributed by atoms with Gasteiger partial charge in [0, 0.05) is 44.0 Å². The van der Waals surface area contributed by atoms with Crippen molar-refractivity contribution >= 4 is 17.7 Å². The first kappa shape index (κ1) is 18.7. The lowest BCUT2D eigenvalue weighted by Crippen LogP contribution is -2.49. The van der Waals surface area contributed by atoms with Crippen LogP contribution in [0.15, 0.2) is 16.8 Å². The average Bonchev–Trinajstić information content (AvgIpc) is 3.14. The van der Waals surface area contributed by atoms with E-state index < -0.39 is 0 Å². The Labute approximate surface area is 165 Å². The summed E-state index contributed by atoms with van der Waals surface area (Å²) >= 11 is 0. The van der Waals surface area contributed by atoms with Crippen LogP contribution in [0, 0.1) is 13.8 Å². The quantitative estimate of drug-likeness (QED) is 0.867. The highest BCUT2D eigenvalue weighted by atomic mass is 16.5. The molecule has 2 aromatic rings. The summed E-state index contributed by atoms with van der Waals surface area (Å²) in [5.74, 6) is 2.20. The zero-order chi connectivity index (χ0) is 19.5. The van der Waals surface area contributed by atoms with Crippen LogP contribution in [0.5, 0.6) is 0 Å². The topological polar surface area (TPSA) is 87.4 Å². The molecule has 1 aliphatic heterocycles. The number of rotatable bonds is 4. The smallest absolute Gasteiger partial charge is 0.259 e. The van der Waals surface area contributed by atoms with Crippen molar-refractivity contribution < 1.29 is 9.32 Å². The molecule has 8 nitrogen and oxygen atoms in total. The Hall–Kier alpha value is -2.64. The number of anilines is 2. The van der Waals surface area contributed by atoms with E-state index in [1.54, 1.807) is 6.92 Å². The Balaban J connectivity index is 1.40. The first-order chi connectivity index (χ1) is 13.6. The monoisotopic (exact) mass is 384 g/mol. The van der Waals surface area contributed by atoms with Crippen LogP contribution in [0.25, 0.3) is 0 Å². The second kappa shape index (κ2) is 8.16. The molecular weight excluding hydrogens is 356 g/mol. The van der Waals surface area contributed by atoms with Crippen molar-refractivity contribution in [3.05, 3.63) is 29.3 Å². The Bertz CT molecular complexity index is 822. The van der Waals surface area contributed by atoms with Gasteiger partial charge in [-0.25, -0.2) is 4.98 Å². The lowest BCUT2D eigenvalue weighted by molar-refractivity contribution is 0.0744. The van der Waals surface area contributed by atoms with E-state index in [-0.39, 0.29) is 5.91 Å². The predicted octanol–water partition coefficient (Wildman–Crippen LogP) is 2.79. The summed E-state index contributed by atoms with van der Waals surface area (Å²) in [6, 6.07) is 2.50. The van der Waals surface area contributed by atoms with Crippen molar-refractivity contribution in [1.82, 2.24) is 20.0 Å². The van der Waals surface area contributed by atoms with Gasteiger partial charge in [0.1, 0.15) is 17.1 Å². The van der Waals surface area contributed by atoms with Gasteiger partial charge in [-0.05, 0) is 26.7 Å². The second-order valence-electron chi connectivity index (χ2n) is 7.75. The first-order valence-corrected chi connectivity index (χ1v) is 10.2. The number of piperazine rings is 1. The van der Waals surface area contributed by atoms with Crippen LogP contribution < -0.4 is 10.2 Å². The average molecular weight is 384 g/mol. The van der Waals surface area contributed by atoms with Crippen molar-refractivity contribution in [2.45, 2.75) is 52.0 Å². The largest absolute Gasteiger partial charge is 0.361 e. The Morgan fingerprint density at radius 1 is 1.11 bits per heavy atom. The Morgan fingerprint density at radius 2 is 1.86 bits per heavy atom. The molecule has 2 fully saturated rings. The van der Waals surface area contributed by atoms with E-state index in [0.717, 1.165) is 30.5 Å². The number of amides is 1. The van der Waals surface area contributed by atoms with Crippen LogP contribution in [-0.2, 0) is 0 Å². The van der Waals surface area contributed by atoms with Gasteiger partial charge in [0.25, 0.3) is 5.91 Å². The summed E-state index contributed by atoms with van der Waals surface area (Å²) in [7, 11) is 0. The number of carbonyl (C=O) groups is 1. The fourth-order valence-corrected chi connectivity index (χ4v) is 4.02. The maximum absolute atomic E-state index is 12.6. The molecule has 0 radical (unpaired) electrons. The molecule has 2 aromatic heterocycles. The lowest BCUT2D eigenvalue weighted by Gasteiger charge is -2.35. The minimum Gasteiger partial charge on any atom is -0.361 e. The molecule has 0 atom stereocenters. The van der Waals surface area contributed by atoms with Gasteiger partial charge in [0.2, 0.25) is 5.95 Å². The van der Waals surface area contributed by atoms with Gasteiger partial charge in [0.15, 0.2) is 0 Å². The highest BCUT2D eigenvalue weighted by Crippen LogP contribution is 2.23. The molecule has 4 rings (SSSR count). The van der Waals surface area contributed by atoms with E-state index in [2.05, 4.69) is 20.4 Å². The normalized spacial score (nSPS) is 18.4. The molecule has 28 heavy (non-hydrogen) atoms. The van der Waals surface area contributed by atoms with Gasteiger partial charge in [-0.3, -0.25) is 4.79 Å². The summed E-state index contributed by atoms with van der Waals surface area (Å²) in [4.78, 5) is 26.0. The number of hydrogen-bond acceptors (Lipinski definition) is 7. The fraction of sp³-hybridized carbons (Fsp3) is 0.600. The maximum Gasteiger partial charge on any atom is 0.259 e. The highest BCUT2D eigenvalue weighted by Gasteiger charge is 2.26. The molecule has 1 saturated heterocycles. The summed E-state index contributed by atoms with van der Waals surface area (Å²) in [5, 5.41) is 7.23. The number of aromatic nitrogens is 3. The van der Waals surface area contributed by atoms with Crippen LogP contribution in [0.1, 0.15) is 53.9 Å². The van der Waals surface area contributed by atoms with Crippen LogP contribution in [0.3, 0.4) is 0 Å². The van der Waals surface area contributed by atoms with E-state index >= 15 is 0 Å². The molecule has 150 valence electrons. The van der Waals surface area contributed by atoms with Crippen molar-refractivity contribution in [1.29, 1.82) is 0 Å². The van der Waals surface area contributed by atoms with E-state index in [1.807, 2.05) is 17.9 Å².